The smallest absolute Gasteiger partial charge is 0.260 e. The molecule has 1 N–H and O–H groups in total. The Balaban J connectivity index is 2.57. The number of aromatic nitrogens is 1. The number of carbonyl (C=O) groups is 1. The number of rotatable bonds is 2. The zero-order valence-corrected chi connectivity index (χ0v) is 5.70. The first kappa shape index (κ1) is 7.44. The number of hydrogen-bond donors (Lipinski definition) is 1. The first-order chi connectivity index (χ1) is 5.33. The monoisotopic (exact) mass is 150 g/mol. The minimum atomic E-state index is -0.473. The van der Waals surface area contributed by atoms with Crippen LogP contribution in [-0.2, 0) is 16.0 Å². The molecule has 0 fully saturated rings. The van der Waals surface area contributed by atoms with Crippen LogP contribution in [0.25, 0.3) is 0 Å². The van der Waals surface area contributed by atoms with Gasteiger partial charge >= 0.3 is 0 Å². The Morgan fingerprint density at radius 3 is 3.09 bits per heavy atom. The van der Waals surface area contributed by atoms with Crippen LogP contribution in [0.15, 0.2) is 23.5 Å². The van der Waals surface area contributed by atoms with E-state index >= 15 is 0 Å². The molecule has 0 unspecified atom stereocenters. The molecule has 1 heterocycles. The van der Waals surface area contributed by atoms with E-state index in [0.29, 0.717) is 0 Å². The standard InChI is InChI=1S/C7H6N2O2/c10-5-9-7(11)3-6-1-2-8-4-6/h1-2,4,8H,3H2. The highest BCUT2D eigenvalue weighted by Crippen LogP contribution is 1.97. The Morgan fingerprint density at radius 2 is 2.55 bits per heavy atom. The lowest BCUT2D eigenvalue weighted by atomic mass is 10.2. The van der Waals surface area contributed by atoms with Gasteiger partial charge in [0.15, 0.2) is 0 Å². The van der Waals surface area contributed by atoms with E-state index in [1.807, 2.05) is 0 Å². The van der Waals surface area contributed by atoms with Crippen LogP contribution in [-0.4, -0.2) is 17.0 Å². The van der Waals surface area contributed by atoms with E-state index < -0.39 is 5.91 Å². The fraction of sp³-hybridized carbons (Fsp3) is 0.143. The molecule has 0 aliphatic heterocycles. The van der Waals surface area contributed by atoms with Gasteiger partial charge in [-0.15, -0.1) is 4.99 Å². The Morgan fingerprint density at radius 1 is 1.73 bits per heavy atom. The molecule has 0 aromatic carbocycles. The Kier molecular flexibility index (Phi) is 2.36. The first-order valence-electron chi connectivity index (χ1n) is 3.05. The normalized spacial score (nSPS) is 8.73. The summed E-state index contributed by atoms with van der Waals surface area (Å²) in [5, 5.41) is 0. The van der Waals surface area contributed by atoms with Crippen molar-refractivity contribution in [3.8, 4) is 0 Å². The molecule has 11 heavy (non-hydrogen) atoms. The fourth-order valence-corrected chi connectivity index (χ4v) is 0.733. The third-order valence-electron chi connectivity index (χ3n) is 1.19. The third kappa shape index (κ3) is 2.20. The molecule has 0 saturated carbocycles. The van der Waals surface area contributed by atoms with Gasteiger partial charge in [0, 0.05) is 12.4 Å². The molecule has 1 aromatic heterocycles. The molecule has 0 radical (unpaired) electrons. The number of carbonyl (C=O) groups excluding carboxylic acids is 2. The molecule has 56 valence electrons. The van der Waals surface area contributed by atoms with Crippen LogP contribution in [0.5, 0.6) is 0 Å². The Labute approximate surface area is 63.0 Å². The SMILES string of the molecule is O=C=NC(=O)Cc1cc[nH]c1. The van der Waals surface area contributed by atoms with E-state index in [0.717, 1.165) is 5.56 Å². The molecule has 0 saturated heterocycles. The maximum Gasteiger partial charge on any atom is 0.260 e. The molecular weight excluding hydrogens is 144 g/mol. The van der Waals surface area contributed by atoms with Gasteiger partial charge in [-0.3, -0.25) is 4.79 Å². The van der Waals surface area contributed by atoms with Crippen molar-refractivity contribution in [2.75, 3.05) is 0 Å². The highest BCUT2D eigenvalue weighted by atomic mass is 16.2. The number of hydrogen-bond acceptors (Lipinski definition) is 2. The number of isocyanates is 1. The van der Waals surface area contributed by atoms with Crippen LogP contribution >= 0.6 is 0 Å². The lowest BCUT2D eigenvalue weighted by molar-refractivity contribution is -0.117. The van der Waals surface area contributed by atoms with Crippen molar-refractivity contribution < 1.29 is 9.59 Å². The molecule has 0 aliphatic carbocycles. The van der Waals surface area contributed by atoms with E-state index in [1.54, 1.807) is 18.5 Å². The lowest BCUT2D eigenvalue weighted by Crippen LogP contribution is -1.96. The number of aromatic amines is 1. The summed E-state index contributed by atoms with van der Waals surface area (Å²) in [6.07, 6.45) is 4.73. The van der Waals surface area contributed by atoms with Gasteiger partial charge in [-0.25, -0.2) is 4.79 Å². The first-order valence-corrected chi connectivity index (χ1v) is 3.05. The highest BCUT2D eigenvalue weighted by Gasteiger charge is 2.00. The van der Waals surface area contributed by atoms with Crippen molar-refractivity contribution in [1.82, 2.24) is 4.98 Å². The minimum Gasteiger partial charge on any atom is -0.367 e. The summed E-state index contributed by atoms with van der Waals surface area (Å²) >= 11 is 0. The molecule has 1 aromatic rings. The van der Waals surface area contributed by atoms with E-state index in [9.17, 15) is 9.59 Å². The fourth-order valence-electron chi connectivity index (χ4n) is 0.733. The summed E-state index contributed by atoms with van der Waals surface area (Å²) in [7, 11) is 0. The zero-order chi connectivity index (χ0) is 8.10. The summed E-state index contributed by atoms with van der Waals surface area (Å²) in [6.45, 7) is 0. The van der Waals surface area contributed by atoms with Crippen molar-refractivity contribution in [2.45, 2.75) is 6.42 Å². The average molecular weight is 150 g/mol. The molecule has 1 amide bonds. The predicted octanol–water partition coefficient (Wildman–Crippen LogP) is 0.420. The van der Waals surface area contributed by atoms with Gasteiger partial charge in [0.2, 0.25) is 6.08 Å². The summed E-state index contributed by atoms with van der Waals surface area (Å²) in [6, 6.07) is 1.75. The summed E-state index contributed by atoms with van der Waals surface area (Å²) in [5.41, 5.74) is 0.814. The second-order valence-electron chi connectivity index (χ2n) is 1.99. The molecule has 4 nitrogen and oxygen atoms in total. The zero-order valence-electron chi connectivity index (χ0n) is 5.70. The molecule has 0 bridgehead atoms. The number of amides is 1. The highest BCUT2D eigenvalue weighted by molar-refractivity contribution is 5.83. The number of H-pyrrole nitrogens is 1. The topological polar surface area (TPSA) is 62.3 Å². The van der Waals surface area contributed by atoms with Gasteiger partial charge in [-0.2, -0.15) is 0 Å². The van der Waals surface area contributed by atoms with E-state index in [2.05, 4.69) is 9.98 Å². The van der Waals surface area contributed by atoms with Crippen LogP contribution in [0.3, 0.4) is 0 Å². The van der Waals surface area contributed by atoms with Crippen molar-refractivity contribution in [3.05, 3.63) is 24.0 Å². The quantitative estimate of drug-likeness (QED) is 0.490. The third-order valence-corrected chi connectivity index (χ3v) is 1.19. The second kappa shape index (κ2) is 3.49. The molecule has 0 aliphatic rings. The van der Waals surface area contributed by atoms with Crippen molar-refractivity contribution >= 4 is 12.0 Å². The van der Waals surface area contributed by atoms with Gasteiger partial charge in [0.25, 0.3) is 5.91 Å². The van der Waals surface area contributed by atoms with Crippen molar-refractivity contribution in [3.63, 3.8) is 0 Å². The van der Waals surface area contributed by atoms with Gasteiger partial charge in [-0.1, -0.05) is 0 Å². The number of nitrogens with one attached hydrogen (secondary N) is 1. The van der Waals surface area contributed by atoms with Crippen LogP contribution in [0.1, 0.15) is 5.56 Å². The van der Waals surface area contributed by atoms with E-state index in [1.165, 1.54) is 6.08 Å². The lowest BCUT2D eigenvalue weighted by Gasteiger charge is -1.86. The van der Waals surface area contributed by atoms with Crippen molar-refractivity contribution in [1.29, 1.82) is 0 Å². The Bertz CT molecular complexity index is 283. The van der Waals surface area contributed by atoms with Gasteiger partial charge in [0.1, 0.15) is 0 Å². The summed E-state index contributed by atoms with van der Waals surface area (Å²) in [4.78, 5) is 26.0. The predicted molar refractivity (Wildman–Crippen MR) is 37.6 cm³/mol. The van der Waals surface area contributed by atoms with Crippen LogP contribution < -0.4 is 0 Å². The average Bonchev–Trinajstić information content (AvgIpc) is 2.40. The summed E-state index contributed by atoms with van der Waals surface area (Å²) in [5.74, 6) is -0.473. The van der Waals surface area contributed by atoms with Crippen LogP contribution in [0, 0.1) is 0 Å². The molecular formula is C7H6N2O2. The number of nitrogens with zero attached hydrogens (tertiary/aromatic N) is 1. The second-order valence-corrected chi connectivity index (χ2v) is 1.99. The molecule has 1 rings (SSSR count). The minimum absolute atomic E-state index is 0.152. The van der Waals surface area contributed by atoms with Crippen LogP contribution in [0.4, 0.5) is 0 Å². The van der Waals surface area contributed by atoms with Gasteiger partial charge in [0.05, 0.1) is 6.42 Å². The summed E-state index contributed by atoms with van der Waals surface area (Å²) < 4.78 is 0. The maximum absolute atomic E-state index is 10.7. The van der Waals surface area contributed by atoms with Crippen LogP contribution in [0.2, 0.25) is 0 Å². The van der Waals surface area contributed by atoms with Crippen molar-refractivity contribution in [2.24, 2.45) is 4.99 Å². The molecule has 0 spiro atoms. The van der Waals surface area contributed by atoms with Gasteiger partial charge in [-0.05, 0) is 11.6 Å². The molecule has 0 atom stereocenters. The number of aliphatic imine (C=N–C) groups is 1. The van der Waals surface area contributed by atoms with Gasteiger partial charge < -0.3 is 4.98 Å². The largest absolute Gasteiger partial charge is 0.367 e. The Hall–Kier alpha value is -1.67. The van der Waals surface area contributed by atoms with E-state index in [4.69, 9.17) is 0 Å². The molecule has 4 heteroatoms. The maximum atomic E-state index is 10.7. The van der Waals surface area contributed by atoms with E-state index in [-0.39, 0.29) is 6.42 Å².